The third-order valence-electron chi connectivity index (χ3n) is 10.7. The molecule has 2 heterocycles. The molecule has 1 aromatic rings. The number of ether oxygens (including phenoxy) is 6. The molecule has 8 atom stereocenters. The number of hydrogen-bond donors (Lipinski definition) is 1. The number of rotatable bonds is 16. The summed E-state index contributed by atoms with van der Waals surface area (Å²) < 4.78 is 37.3. The zero-order chi connectivity index (χ0) is 31.6. The molecule has 1 aromatic carbocycles. The number of aliphatic carboxylic acids is 1. The first-order valence-electron chi connectivity index (χ1n) is 18.0. The second-order valence-corrected chi connectivity index (χ2v) is 14.0. The van der Waals surface area contributed by atoms with Crippen LogP contribution < -0.4 is 0 Å². The molecule has 8 nitrogen and oxygen atoms in total. The Balaban J connectivity index is 1.18. The van der Waals surface area contributed by atoms with Crippen molar-refractivity contribution in [2.75, 3.05) is 33.0 Å². The van der Waals surface area contributed by atoms with Crippen molar-refractivity contribution < 1.29 is 38.3 Å². The van der Waals surface area contributed by atoms with Gasteiger partial charge >= 0.3 is 5.97 Å². The second kappa shape index (κ2) is 17.4. The largest absolute Gasteiger partial charge is 0.480 e. The van der Waals surface area contributed by atoms with E-state index in [9.17, 15) is 9.90 Å². The van der Waals surface area contributed by atoms with Gasteiger partial charge in [-0.05, 0) is 87.5 Å². The Kier molecular flexibility index (Phi) is 12.8. The first-order valence-corrected chi connectivity index (χ1v) is 18.0. The van der Waals surface area contributed by atoms with Gasteiger partial charge in [-0.15, -0.1) is 0 Å². The van der Waals surface area contributed by atoms with E-state index >= 15 is 0 Å². The van der Waals surface area contributed by atoms with Crippen LogP contribution in [0.25, 0.3) is 0 Å². The minimum Gasteiger partial charge on any atom is -0.480 e. The van der Waals surface area contributed by atoms with E-state index in [1.807, 2.05) is 18.2 Å². The molecule has 4 fully saturated rings. The predicted molar refractivity (Wildman–Crippen MR) is 174 cm³/mol. The average Bonchev–Trinajstić information content (AvgIpc) is 3.82. The molecule has 1 N–H and O–H groups in total. The van der Waals surface area contributed by atoms with Crippen LogP contribution in [0.15, 0.2) is 54.1 Å². The summed E-state index contributed by atoms with van der Waals surface area (Å²) >= 11 is 0. The molecule has 3 unspecified atom stereocenters. The van der Waals surface area contributed by atoms with Crippen molar-refractivity contribution in [1.29, 1.82) is 0 Å². The topological polar surface area (TPSA) is 92.7 Å². The van der Waals surface area contributed by atoms with Gasteiger partial charge in [-0.25, -0.2) is 4.79 Å². The van der Waals surface area contributed by atoms with E-state index in [-0.39, 0.29) is 43.2 Å². The van der Waals surface area contributed by atoms with Crippen LogP contribution in [0.4, 0.5) is 0 Å². The number of hydrogen-bond acceptors (Lipinski definition) is 7. The van der Waals surface area contributed by atoms with Gasteiger partial charge in [-0.2, -0.15) is 0 Å². The van der Waals surface area contributed by atoms with Crippen molar-refractivity contribution in [2.24, 2.45) is 29.6 Å². The first-order chi connectivity index (χ1) is 22.6. The van der Waals surface area contributed by atoms with Crippen LogP contribution in [-0.4, -0.2) is 68.9 Å². The van der Waals surface area contributed by atoms with Crippen molar-refractivity contribution in [1.82, 2.24) is 0 Å². The van der Waals surface area contributed by atoms with Gasteiger partial charge < -0.3 is 33.5 Å². The van der Waals surface area contributed by atoms with Crippen molar-refractivity contribution in [3.8, 4) is 0 Å². The summed E-state index contributed by atoms with van der Waals surface area (Å²) in [7, 11) is 0. The highest BCUT2D eigenvalue weighted by atomic mass is 16.7. The molecule has 0 amide bonds. The zero-order valence-corrected chi connectivity index (χ0v) is 27.3. The standard InChI is InChI=1S/C38H54O8/c39-36(40)26-42-25-31(24-41-23-27-10-2-1-3-11-27)29-20-30-22-35(46-38-15-7-9-19-44-38)32(33(30)21-29)16-17-34(28-12-4-5-13-28)45-37-14-6-8-18-43-37/h1-3,10-11,16-17,21,28,30-35,37-38H,4-9,12-15,18-20,22-26H2,(H,39,40)/b17-16+/t30-,31?,32+,33-,34+,35+,37?,38?/m0/s1. The van der Waals surface area contributed by atoms with Crippen molar-refractivity contribution in [3.63, 3.8) is 0 Å². The quantitative estimate of drug-likeness (QED) is 0.192. The average molecular weight is 639 g/mol. The Morgan fingerprint density at radius 1 is 0.913 bits per heavy atom. The third kappa shape index (κ3) is 9.51. The molecule has 0 aromatic heterocycles. The number of carboxylic acid groups (broad SMARTS) is 1. The van der Waals surface area contributed by atoms with E-state index < -0.39 is 5.97 Å². The molecule has 254 valence electrons. The lowest BCUT2D eigenvalue weighted by Crippen LogP contribution is -2.32. The molecule has 0 radical (unpaired) electrons. The number of fused-ring (bicyclic) bond motifs is 1. The molecular weight excluding hydrogens is 584 g/mol. The van der Waals surface area contributed by atoms with E-state index in [0.29, 0.717) is 37.6 Å². The molecule has 6 rings (SSSR count). The van der Waals surface area contributed by atoms with Gasteiger partial charge in [-0.1, -0.05) is 67.0 Å². The van der Waals surface area contributed by atoms with Gasteiger partial charge in [0.25, 0.3) is 0 Å². The Labute approximate surface area is 274 Å². The van der Waals surface area contributed by atoms with Crippen LogP contribution >= 0.6 is 0 Å². The monoisotopic (exact) mass is 638 g/mol. The highest BCUT2D eigenvalue weighted by Gasteiger charge is 2.46. The van der Waals surface area contributed by atoms with Gasteiger partial charge in [0.05, 0.1) is 32.0 Å². The fourth-order valence-electron chi connectivity index (χ4n) is 8.25. The maximum absolute atomic E-state index is 11.2. The van der Waals surface area contributed by atoms with Gasteiger partial charge in [0.1, 0.15) is 6.61 Å². The highest BCUT2D eigenvalue weighted by Crippen LogP contribution is 2.50. The Morgan fingerprint density at radius 2 is 1.63 bits per heavy atom. The lowest BCUT2D eigenvalue weighted by molar-refractivity contribution is -0.193. The van der Waals surface area contributed by atoms with Crippen LogP contribution in [0.1, 0.15) is 82.6 Å². The Hall–Kier alpha value is -2.07. The lowest BCUT2D eigenvalue weighted by Gasteiger charge is -2.31. The van der Waals surface area contributed by atoms with E-state index in [4.69, 9.17) is 28.4 Å². The van der Waals surface area contributed by atoms with Crippen molar-refractivity contribution in [3.05, 3.63) is 59.7 Å². The zero-order valence-electron chi connectivity index (χ0n) is 27.3. The summed E-state index contributed by atoms with van der Waals surface area (Å²) in [6.45, 7) is 2.61. The SMILES string of the molecule is O=C(O)COCC(COCc1ccccc1)C1=C[C@H]2[C@@H](C1)C[C@@H](OC1CCCCO1)[C@@H]2/C=C/[C@@H](OC1CCCCO1)C1CCCC1. The maximum atomic E-state index is 11.2. The summed E-state index contributed by atoms with van der Waals surface area (Å²) in [5, 5.41) is 9.21. The van der Waals surface area contributed by atoms with E-state index in [1.165, 1.54) is 31.3 Å². The van der Waals surface area contributed by atoms with Crippen LogP contribution in [0.2, 0.25) is 0 Å². The Bertz CT molecular complexity index is 1120. The molecule has 0 bridgehead atoms. The molecule has 0 spiro atoms. The first kappa shape index (κ1) is 33.8. The number of carbonyl (C=O) groups is 1. The number of allylic oxidation sites excluding steroid dienone is 1. The predicted octanol–water partition coefficient (Wildman–Crippen LogP) is 7.07. The summed E-state index contributed by atoms with van der Waals surface area (Å²) in [6, 6.07) is 10.2. The summed E-state index contributed by atoms with van der Waals surface area (Å²) in [5.41, 5.74) is 2.44. The molecule has 5 aliphatic rings. The van der Waals surface area contributed by atoms with E-state index in [2.05, 4.69) is 30.4 Å². The molecule has 46 heavy (non-hydrogen) atoms. The van der Waals surface area contributed by atoms with Gasteiger partial charge in [-0.3, -0.25) is 0 Å². The van der Waals surface area contributed by atoms with Crippen molar-refractivity contribution >= 4 is 5.97 Å². The van der Waals surface area contributed by atoms with Crippen LogP contribution in [0.5, 0.6) is 0 Å². The van der Waals surface area contributed by atoms with E-state index in [0.717, 1.165) is 70.1 Å². The van der Waals surface area contributed by atoms with Gasteiger partial charge in [0.15, 0.2) is 12.6 Å². The molecule has 8 heteroatoms. The van der Waals surface area contributed by atoms with Crippen LogP contribution in [-0.2, 0) is 39.8 Å². The minimum atomic E-state index is -0.950. The van der Waals surface area contributed by atoms with Crippen LogP contribution in [0, 0.1) is 29.6 Å². The number of carboxylic acids is 1. The second-order valence-electron chi connectivity index (χ2n) is 14.0. The normalized spacial score (nSPS) is 31.6. The summed E-state index contributed by atoms with van der Waals surface area (Å²) in [5.74, 6) is 0.616. The molecule has 2 saturated carbocycles. The third-order valence-corrected chi connectivity index (χ3v) is 10.7. The molecule has 2 aliphatic heterocycles. The molecule has 2 saturated heterocycles. The summed E-state index contributed by atoms with van der Waals surface area (Å²) in [6.07, 6.45) is 20.5. The van der Waals surface area contributed by atoms with Gasteiger partial charge in [0.2, 0.25) is 0 Å². The fourth-order valence-corrected chi connectivity index (χ4v) is 8.25. The van der Waals surface area contributed by atoms with E-state index in [1.54, 1.807) is 0 Å². The van der Waals surface area contributed by atoms with Gasteiger partial charge in [0, 0.05) is 25.0 Å². The minimum absolute atomic E-state index is 0.0114. The molecule has 3 aliphatic carbocycles. The fraction of sp³-hybridized carbons (Fsp3) is 0.711. The smallest absolute Gasteiger partial charge is 0.329 e. The number of benzene rings is 1. The molecular formula is C38H54O8. The van der Waals surface area contributed by atoms with Crippen molar-refractivity contribution in [2.45, 2.75) is 108 Å². The Morgan fingerprint density at radius 3 is 2.35 bits per heavy atom. The maximum Gasteiger partial charge on any atom is 0.329 e. The highest BCUT2D eigenvalue weighted by molar-refractivity contribution is 5.68. The van der Waals surface area contributed by atoms with Crippen LogP contribution in [0.3, 0.4) is 0 Å². The summed E-state index contributed by atoms with van der Waals surface area (Å²) in [4.78, 5) is 11.2. The lowest BCUT2D eigenvalue weighted by atomic mass is 9.90.